The van der Waals surface area contributed by atoms with Gasteiger partial charge in [-0.3, -0.25) is 4.79 Å². The zero-order valence-electron chi connectivity index (χ0n) is 12.4. The Labute approximate surface area is 128 Å². The second-order valence-corrected chi connectivity index (χ2v) is 4.41. The van der Waals surface area contributed by atoms with Crippen LogP contribution in [0.25, 0.3) is 0 Å². The van der Waals surface area contributed by atoms with Gasteiger partial charge in [0.2, 0.25) is 5.76 Å². The van der Waals surface area contributed by atoms with Crippen LogP contribution in [-0.2, 0) is 16.1 Å². The molecular formula is C15H18N2O5. The van der Waals surface area contributed by atoms with Gasteiger partial charge in [0, 0.05) is 14.2 Å². The van der Waals surface area contributed by atoms with E-state index >= 15 is 0 Å². The van der Waals surface area contributed by atoms with Gasteiger partial charge in [-0.2, -0.15) is 0 Å². The topological polar surface area (TPSA) is 82.8 Å². The van der Waals surface area contributed by atoms with E-state index in [0.29, 0.717) is 6.61 Å². The third-order valence-corrected chi connectivity index (χ3v) is 2.90. The SMILES string of the molecule is COC(CNC(=O)c1cc(OCc2ccccc2)no1)OC. The summed E-state index contributed by atoms with van der Waals surface area (Å²) in [4.78, 5) is 11.9. The van der Waals surface area contributed by atoms with Crippen LogP contribution in [0.15, 0.2) is 40.9 Å². The number of amides is 1. The van der Waals surface area contributed by atoms with E-state index in [1.807, 2.05) is 30.3 Å². The van der Waals surface area contributed by atoms with Crippen molar-refractivity contribution in [1.82, 2.24) is 10.5 Å². The van der Waals surface area contributed by atoms with E-state index in [1.54, 1.807) is 0 Å². The lowest BCUT2D eigenvalue weighted by molar-refractivity contribution is -0.0975. The smallest absolute Gasteiger partial charge is 0.290 e. The number of ether oxygens (including phenoxy) is 3. The van der Waals surface area contributed by atoms with Gasteiger partial charge in [0.1, 0.15) is 6.61 Å². The molecule has 2 aromatic rings. The van der Waals surface area contributed by atoms with Gasteiger partial charge in [-0.15, -0.1) is 0 Å². The Morgan fingerprint density at radius 1 is 1.27 bits per heavy atom. The molecule has 0 spiro atoms. The average molecular weight is 306 g/mol. The maximum atomic E-state index is 11.9. The van der Waals surface area contributed by atoms with Crippen molar-refractivity contribution in [3.63, 3.8) is 0 Å². The minimum atomic E-state index is -0.513. The number of benzene rings is 1. The molecule has 22 heavy (non-hydrogen) atoms. The first-order valence-electron chi connectivity index (χ1n) is 6.70. The molecule has 0 fully saturated rings. The summed E-state index contributed by atoms with van der Waals surface area (Å²) in [6.45, 7) is 0.552. The minimum Gasteiger partial charge on any atom is -0.471 e. The molecule has 0 saturated heterocycles. The standard InChI is InChI=1S/C15H18N2O5/c1-19-14(20-2)9-16-15(18)12-8-13(17-22-12)21-10-11-6-4-3-5-7-11/h3-8,14H,9-10H2,1-2H3,(H,16,18). The quantitative estimate of drug-likeness (QED) is 0.746. The van der Waals surface area contributed by atoms with E-state index < -0.39 is 12.2 Å². The van der Waals surface area contributed by atoms with Gasteiger partial charge in [-0.25, -0.2) is 0 Å². The summed E-state index contributed by atoms with van der Waals surface area (Å²) in [7, 11) is 2.98. The van der Waals surface area contributed by atoms with Crippen molar-refractivity contribution in [3.05, 3.63) is 47.7 Å². The Morgan fingerprint density at radius 3 is 2.68 bits per heavy atom. The molecule has 0 aliphatic carbocycles. The number of hydrogen-bond acceptors (Lipinski definition) is 6. The zero-order valence-corrected chi connectivity index (χ0v) is 12.4. The van der Waals surface area contributed by atoms with Gasteiger partial charge in [0.25, 0.3) is 11.8 Å². The van der Waals surface area contributed by atoms with Crippen LogP contribution in [-0.4, -0.2) is 38.1 Å². The molecular weight excluding hydrogens is 288 g/mol. The summed E-state index contributed by atoms with van der Waals surface area (Å²) in [5.41, 5.74) is 1.000. The van der Waals surface area contributed by atoms with E-state index in [4.69, 9.17) is 18.7 Å². The molecule has 118 valence electrons. The van der Waals surface area contributed by atoms with Crippen molar-refractivity contribution in [3.8, 4) is 5.88 Å². The highest BCUT2D eigenvalue weighted by molar-refractivity contribution is 5.91. The fourth-order valence-corrected chi connectivity index (χ4v) is 1.69. The maximum Gasteiger partial charge on any atom is 0.290 e. The molecule has 1 aromatic heterocycles. The molecule has 0 saturated carbocycles. The molecule has 2 rings (SSSR count). The monoisotopic (exact) mass is 306 g/mol. The Bertz CT molecular complexity index is 581. The van der Waals surface area contributed by atoms with Crippen molar-refractivity contribution < 1.29 is 23.5 Å². The summed E-state index contributed by atoms with van der Waals surface area (Å²) < 4.78 is 20.3. The summed E-state index contributed by atoms with van der Waals surface area (Å²) in [6, 6.07) is 11.1. The lowest BCUT2D eigenvalue weighted by Gasteiger charge is -2.12. The van der Waals surface area contributed by atoms with Gasteiger partial charge in [-0.05, 0) is 10.7 Å². The molecule has 0 aliphatic rings. The van der Waals surface area contributed by atoms with Gasteiger partial charge in [0.05, 0.1) is 12.6 Å². The van der Waals surface area contributed by atoms with Crippen molar-refractivity contribution in [2.24, 2.45) is 0 Å². The van der Waals surface area contributed by atoms with Crippen LogP contribution < -0.4 is 10.1 Å². The van der Waals surface area contributed by atoms with Crippen LogP contribution in [0, 0.1) is 0 Å². The number of rotatable bonds is 8. The second kappa shape index (κ2) is 8.16. The first kappa shape index (κ1) is 16.0. The fourth-order valence-electron chi connectivity index (χ4n) is 1.69. The highest BCUT2D eigenvalue weighted by Gasteiger charge is 2.15. The number of hydrogen-bond donors (Lipinski definition) is 1. The van der Waals surface area contributed by atoms with Crippen molar-refractivity contribution in [2.45, 2.75) is 12.9 Å². The predicted octanol–water partition coefficient (Wildman–Crippen LogP) is 1.60. The summed E-state index contributed by atoms with van der Waals surface area (Å²) in [5, 5.41) is 6.31. The number of carbonyl (C=O) groups is 1. The molecule has 1 amide bonds. The Hall–Kier alpha value is -2.38. The van der Waals surface area contributed by atoms with Crippen molar-refractivity contribution in [1.29, 1.82) is 0 Å². The molecule has 0 bridgehead atoms. The van der Waals surface area contributed by atoms with Crippen LogP contribution in [0.5, 0.6) is 5.88 Å². The van der Waals surface area contributed by atoms with Crippen LogP contribution in [0.2, 0.25) is 0 Å². The van der Waals surface area contributed by atoms with Gasteiger partial charge < -0.3 is 24.1 Å². The van der Waals surface area contributed by atoms with Gasteiger partial charge in [-0.1, -0.05) is 30.3 Å². The van der Waals surface area contributed by atoms with E-state index in [9.17, 15) is 4.79 Å². The summed E-state index contributed by atoms with van der Waals surface area (Å²) in [6.07, 6.45) is -0.513. The van der Waals surface area contributed by atoms with Crippen molar-refractivity contribution >= 4 is 5.91 Å². The lowest BCUT2D eigenvalue weighted by Crippen LogP contribution is -2.33. The van der Waals surface area contributed by atoms with E-state index in [1.165, 1.54) is 20.3 Å². The fraction of sp³-hybridized carbons (Fsp3) is 0.333. The molecule has 0 unspecified atom stereocenters. The lowest BCUT2D eigenvalue weighted by atomic mass is 10.2. The molecule has 0 aliphatic heterocycles. The normalized spacial score (nSPS) is 10.7. The number of carbonyl (C=O) groups excluding carboxylic acids is 1. The van der Waals surface area contributed by atoms with Crippen molar-refractivity contribution in [2.75, 3.05) is 20.8 Å². The number of nitrogens with one attached hydrogen (secondary N) is 1. The van der Waals surface area contributed by atoms with Gasteiger partial charge in [0.15, 0.2) is 6.29 Å². The minimum absolute atomic E-state index is 0.0639. The number of nitrogens with zero attached hydrogens (tertiary/aromatic N) is 1. The molecule has 1 aromatic carbocycles. The van der Waals surface area contributed by atoms with Crippen LogP contribution in [0.4, 0.5) is 0 Å². The first-order valence-corrected chi connectivity index (χ1v) is 6.70. The molecule has 0 atom stereocenters. The Balaban J connectivity index is 1.84. The van der Waals surface area contributed by atoms with E-state index in [0.717, 1.165) is 5.56 Å². The Kier molecular flexibility index (Phi) is 5.93. The van der Waals surface area contributed by atoms with Crippen LogP contribution in [0.3, 0.4) is 0 Å². The highest BCUT2D eigenvalue weighted by atomic mass is 16.7. The van der Waals surface area contributed by atoms with E-state index in [-0.39, 0.29) is 18.2 Å². The largest absolute Gasteiger partial charge is 0.471 e. The predicted molar refractivity (Wildman–Crippen MR) is 77.4 cm³/mol. The van der Waals surface area contributed by atoms with Crippen LogP contribution in [0.1, 0.15) is 16.1 Å². The maximum absolute atomic E-state index is 11.9. The first-order chi connectivity index (χ1) is 10.7. The average Bonchev–Trinajstić information content (AvgIpc) is 3.04. The zero-order chi connectivity index (χ0) is 15.8. The molecule has 1 heterocycles. The summed E-state index contributed by atoms with van der Waals surface area (Å²) in [5.74, 6) is -0.0979. The summed E-state index contributed by atoms with van der Waals surface area (Å²) >= 11 is 0. The van der Waals surface area contributed by atoms with Gasteiger partial charge >= 0.3 is 0 Å². The molecule has 0 radical (unpaired) electrons. The van der Waals surface area contributed by atoms with Crippen LogP contribution >= 0.6 is 0 Å². The second-order valence-electron chi connectivity index (χ2n) is 4.41. The molecule has 7 nitrogen and oxygen atoms in total. The molecule has 1 N–H and O–H groups in total. The number of aromatic nitrogens is 1. The molecule has 7 heteroatoms. The highest BCUT2D eigenvalue weighted by Crippen LogP contribution is 2.13. The van der Waals surface area contributed by atoms with E-state index in [2.05, 4.69) is 10.5 Å². The third kappa shape index (κ3) is 4.57. The number of methoxy groups -OCH3 is 2. The Morgan fingerprint density at radius 2 is 2.00 bits per heavy atom. The third-order valence-electron chi connectivity index (χ3n) is 2.90.